The molecule has 3 nitrogen and oxygen atoms in total. The molecule has 0 heterocycles. The predicted molar refractivity (Wildman–Crippen MR) is 76.5 cm³/mol. The zero-order chi connectivity index (χ0) is 13.5. The van der Waals surface area contributed by atoms with Gasteiger partial charge in [-0.1, -0.05) is 48.5 Å². The Balaban J connectivity index is 2.26. The van der Waals surface area contributed by atoms with Crippen LogP contribution in [-0.2, 0) is 9.53 Å². The van der Waals surface area contributed by atoms with Crippen LogP contribution in [-0.4, -0.2) is 13.1 Å². The summed E-state index contributed by atoms with van der Waals surface area (Å²) in [5.74, 6) is -0.366. The maximum Gasteiger partial charge on any atom is 0.339 e. The van der Waals surface area contributed by atoms with E-state index >= 15 is 0 Å². The molecule has 96 valence electrons. The molecule has 3 heteroatoms. The van der Waals surface area contributed by atoms with E-state index in [1.165, 1.54) is 7.11 Å². The van der Waals surface area contributed by atoms with Crippen molar-refractivity contribution in [3.63, 3.8) is 0 Å². The van der Waals surface area contributed by atoms with Gasteiger partial charge in [0, 0.05) is 11.9 Å². The van der Waals surface area contributed by atoms with Crippen molar-refractivity contribution < 1.29 is 9.53 Å². The molecule has 2 aromatic rings. The van der Waals surface area contributed by atoms with E-state index in [2.05, 4.69) is 5.32 Å². The fourth-order valence-electron chi connectivity index (χ4n) is 1.68. The average Bonchev–Trinajstić information content (AvgIpc) is 2.49. The first-order chi connectivity index (χ1) is 9.31. The first-order valence-corrected chi connectivity index (χ1v) is 5.97. The minimum Gasteiger partial charge on any atom is -0.465 e. The third-order valence-corrected chi connectivity index (χ3v) is 2.65. The van der Waals surface area contributed by atoms with Crippen molar-refractivity contribution in [3.05, 3.63) is 72.4 Å². The third kappa shape index (κ3) is 3.45. The summed E-state index contributed by atoms with van der Waals surface area (Å²) < 4.78 is 4.81. The van der Waals surface area contributed by atoms with Crippen LogP contribution in [0.3, 0.4) is 0 Å². The van der Waals surface area contributed by atoms with Crippen LogP contribution in [0.5, 0.6) is 0 Å². The predicted octanol–water partition coefficient (Wildman–Crippen LogP) is 3.31. The molecule has 0 radical (unpaired) electrons. The molecule has 0 aliphatic heterocycles. The van der Waals surface area contributed by atoms with Gasteiger partial charge < -0.3 is 10.1 Å². The summed E-state index contributed by atoms with van der Waals surface area (Å²) in [5.41, 5.74) is 2.23. The number of para-hydroxylation sites is 1. The smallest absolute Gasteiger partial charge is 0.339 e. The second kappa shape index (κ2) is 6.40. The summed E-state index contributed by atoms with van der Waals surface area (Å²) in [6.45, 7) is 0. The maximum atomic E-state index is 11.8. The standard InChI is InChI=1S/C16H15NO2/c1-19-16(18)15(13-8-4-2-5-9-13)12-17-14-10-6-3-7-11-14/h2-12,17H,1H3/b15-12-. The van der Waals surface area contributed by atoms with Gasteiger partial charge in [0.15, 0.2) is 0 Å². The van der Waals surface area contributed by atoms with Crippen LogP contribution < -0.4 is 5.32 Å². The van der Waals surface area contributed by atoms with Crippen molar-refractivity contribution in [2.45, 2.75) is 0 Å². The van der Waals surface area contributed by atoms with Gasteiger partial charge in [-0.05, 0) is 17.7 Å². The van der Waals surface area contributed by atoms with Crippen molar-refractivity contribution in [2.24, 2.45) is 0 Å². The summed E-state index contributed by atoms with van der Waals surface area (Å²) in [6, 6.07) is 19.1. The Kier molecular flexibility index (Phi) is 4.34. The highest BCUT2D eigenvalue weighted by atomic mass is 16.5. The van der Waals surface area contributed by atoms with Crippen LogP contribution in [0.4, 0.5) is 5.69 Å². The number of anilines is 1. The SMILES string of the molecule is COC(=O)/C(=C\Nc1ccccc1)c1ccccc1. The molecule has 0 aliphatic rings. The highest BCUT2D eigenvalue weighted by molar-refractivity contribution is 6.16. The van der Waals surface area contributed by atoms with E-state index in [9.17, 15) is 4.79 Å². The number of esters is 1. The average molecular weight is 253 g/mol. The molecular weight excluding hydrogens is 238 g/mol. The lowest BCUT2D eigenvalue weighted by Gasteiger charge is -2.07. The van der Waals surface area contributed by atoms with Crippen molar-refractivity contribution in [1.29, 1.82) is 0 Å². The third-order valence-electron chi connectivity index (χ3n) is 2.65. The van der Waals surface area contributed by atoms with Crippen molar-refractivity contribution in [1.82, 2.24) is 0 Å². The van der Waals surface area contributed by atoms with Crippen LogP contribution in [0.2, 0.25) is 0 Å². The Morgan fingerprint density at radius 1 is 1.00 bits per heavy atom. The summed E-state index contributed by atoms with van der Waals surface area (Å²) in [6.07, 6.45) is 1.66. The van der Waals surface area contributed by atoms with Crippen molar-refractivity contribution in [2.75, 3.05) is 12.4 Å². The number of nitrogens with one attached hydrogen (secondary N) is 1. The lowest BCUT2D eigenvalue weighted by Crippen LogP contribution is -2.06. The van der Waals surface area contributed by atoms with Gasteiger partial charge in [-0.15, -0.1) is 0 Å². The van der Waals surface area contributed by atoms with Crippen LogP contribution in [0.25, 0.3) is 5.57 Å². The van der Waals surface area contributed by atoms with Gasteiger partial charge in [0.25, 0.3) is 0 Å². The van der Waals surface area contributed by atoms with Gasteiger partial charge in [-0.3, -0.25) is 0 Å². The molecule has 0 fully saturated rings. The Morgan fingerprint density at radius 3 is 2.16 bits per heavy atom. The van der Waals surface area contributed by atoms with Crippen LogP contribution in [0.15, 0.2) is 66.9 Å². The second-order valence-corrected chi connectivity index (χ2v) is 3.93. The Labute approximate surface area is 112 Å². The van der Waals surface area contributed by atoms with Crippen LogP contribution in [0.1, 0.15) is 5.56 Å². The summed E-state index contributed by atoms with van der Waals surface area (Å²) in [4.78, 5) is 11.8. The van der Waals surface area contributed by atoms with Gasteiger partial charge in [-0.25, -0.2) is 4.79 Å². The zero-order valence-electron chi connectivity index (χ0n) is 10.7. The molecule has 0 aromatic heterocycles. The van der Waals surface area contributed by atoms with E-state index < -0.39 is 0 Å². The molecule has 0 atom stereocenters. The van der Waals surface area contributed by atoms with E-state index in [1.54, 1.807) is 6.20 Å². The minimum absolute atomic E-state index is 0.366. The molecule has 0 unspecified atom stereocenters. The molecule has 0 saturated heterocycles. The molecule has 2 rings (SSSR count). The number of ether oxygens (including phenoxy) is 1. The van der Waals surface area contributed by atoms with Gasteiger partial charge in [0.2, 0.25) is 0 Å². The normalized spacial score (nSPS) is 10.9. The van der Waals surface area contributed by atoms with E-state index in [0.717, 1.165) is 11.3 Å². The highest BCUT2D eigenvalue weighted by Crippen LogP contribution is 2.16. The van der Waals surface area contributed by atoms with Crippen molar-refractivity contribution in [3.8, 4) is 0 Å². The second-order valence-electron chi connectivity index (χ2n) is 3.93. The molecule has 1 N–H and O–H groups in total. The molecule has 19 heavy (non-hydrogen) atoms. The molecular formula is C16H15NO2. The molecule has 0 aliphatic carbocycles. The number of carbonyl (C=O) groups excluding carboxylic acids is 1. The molecule has 0 amide bonds. The Hall–Kier alpha value is -2.55. The summed E-state index contributed by atoms with van der Waals surface area (Å²) in [7, 11) is 1.38. The van der Waals surface area contributed by atoms with Crippen molar-refractivity contribution >= 4 is 17.2 Å². The number of benzene rings is 2. The monoisotopic (exact) mass is 253 g/mol. The quantitative estimate of drug-likeness (QED) is 0.671. The fraction of sp³-hybridized carbons (Fsp3) is 0.0625. The van der Waals surface area contributed by atoms with E-state index in [-0.39, 0.29) is 5.97 Å². The topological polar surface area (TPSA) is 38.3 Å². The lowest BCUT2D eigenvalue weighted by atomic mass is 10.1. The fourth-order valence-corrected chi connectivity index (χ4v) is 1.68. The minimum atomic E-state index is -0.366. The van der Waals surface area contributed by atoms with Crippen LogP contribution in [0, 0.1) is 0 Å². The number of hydrogen-bond acceptors (Lipinski definition) is 3. The maximum absolute atomic E-state index is 11.8. The number of hydrogen-bond donors (Lipinski definition) is 1. The largest absolute Gasteiger partial charge is 0.465 e. The van der Waals surface area contributed by atoms with Gasteiger partial charge in [0.05, 0.1) is 12.7 Å². The van der Waals surface area contributed by atoms with E-state index in [4.69, 9.17) is 4.74 Å². The zero-order valence-corrected chi connectivity index (χ0v) is 10.7. The molecule has 0 saturated carbocycles. The highest BCUT2D eigenvalue weighted by Gasteiger charge is 2.11. The molecule has 0 bridgehead atoms. The van der Waals surface area contributed by atoms with Gasteiger partial charge >= 0.3 is 5.97 Å². The first kappa shape index (κ1) is 12.9. The number of carbonyl (C=O) groups is 1. The number of methoxy groups -OCH3 is 1. The van der Waals surface area contributed by atoms with Gasteiger partial charge in [0.1, 0.15) is 0 Å². The van der Waals surface area contributed by atoms with E-state index in [0.29, 0.717) is 5.57 Å². The Bertz CT molecular complexity index is 562. The van der Waals surface area contributed by atoms with Crippen LogP contribution >= 0.6 is 0 Å². The lowest BCUT2D eigenvalue weighted by molar-refractivity contribution is -0.133. The first-order valence-electron chi connectivity index (χ1n) is 5.97. The molecule has 0 spiro atoms. The molecule has 2 aromatic carbocycles. The summed E-state index contributed by atoms with van der Waals surface area (Å²) >= 11 is 0. The van der Waals surface area contributed by atoms with E-state index in [1.807, 2.05) is 60.7 Å². The number of rotatable bonds is 4. The van der Waals surface area contributed by atoms with Gasteiger partial charge in [-0.2, -0.15) is 0 Å². The Morgan fingerprint density at radius 2 is 1.58 bits per heavy atom. The summed E-state index contributed by atoms with van der Waals surface area (Å²) in [5, 5.41) is 3.10.